The molecular formula is C19H30N4O2. The summed E-state index contributed by atoms with van der Waals surface area (Å²) in [4.78, 5) is 19.3. The third kappa shape index (κ3) is 4.22. The number of nitrogens with zero attached hydrogens (tertiary/aromatic N) is 3. The van der Waals surface area contributed by atoms with Gasteiger partial charge in [0.25, 0.3) is 0 Å². The van der Waals surface area contributed by atoms with Crippen LogP contribution in [0.4, 0.5) is 0 Å². The van der Waals surface area contributed by atoms with Gasteiger partial charge in [-0.2, -0.15) is 4.98 Å². The topological polar surface area (TPSA) is 71.3 Å². The number of hydrogen-bond donors (Lipinski definition) is 1. The van der Waals surface area contributed by atoms with Crippen molar-refractivity contribution in [2.45, 2.75) is 82.7 Å². The van der Waals surface area contributed by atoms with E-state index in [4.69, 9.17) is 4.52 Å². The Balaban J connectivity index is 1.22. The molecule has 6 heteroatoms. The van der Waals surface area contributed by atoms with Crippen molar-refractivity contribution in [1.82, 2.24) is 20.4 Å². The van der Waals surface area contributed by atoms with Gasteiger partial charge in [0.05, 0.1) is 6.04 Å². The van der Waals surface area contributed by atoms with Crippen molar-refractivity contribution in [1.29, 1.82) is 0 Å². The second kappa shape index (κ2) is 7.44. The molecule has 2 aliphatic carbocycles. The van der Waals surface area contributed by atoms with E-state index in [1.54, 1.807) is 0 Å². The smallest absolute Gasteiger partial charge is 0.237 e. The van der Waals surface area contributed by atoms with Gasteiger partial charge in [0.1, 0.15) is 0 Å². The molecule has 1 atom stereocenters. The van der Waals surface area contributed by atoms with Crippen molar-refractivity contribution in [3.05, 3.63) is 11.7 Å². The largest absolute Gasteiger partial charge is 0.352 e. The highest BCUT2D eigenvalue weighted by Gasteiger charge is 2.31. The Labute approximate surface area is 149 Å². The quantitative estimate of drug-likeness (QED) is 0.857. The Kier molecular flexibility index (Phi) is 5.06. The molecule has 1 unspecified atom stereocenters. The Morgan fingerprint density at radius 1 is 1.20 bits per heavy atom. The highest BCUT2D eigenvalue weighted by molar-refractivity contribution is 5.81. The first-order valence-electron chi connectivity index (χ1n) is 10.1. The molecule has 1 aliphatic heterocycles. The van der Waals surface area contributed by atoms with Crippen molar-refractivity contribution in [3.8, 4) is 0 Å². The first kappa shape index (κ1) is 17.0. The minimum Gasteiger partial charge on any atom is -0.352 e. The first-order valence-corrected chi connectivity index (χ1v) is 10.1. The highest BCUT2D eigenvalue weighted by Crippen LogP contribution is 2.39. The zero-order valence-electron chi connectivity index (χ0n) is 15.2. The van der Waals surface area contributed by atoms with E-state index in [-0.39, 0.29) is 11.9 Å². The zero-order valence-corrected chi connectivity index (χ0v) is 15.2. The molecule has 1 aromatic rings. The molecule has 1 amide bonds. The Bertz CT molecular complexity index is 584. The normalized spacial score (nSPS) is 24.5. The molecule has 4 rings (SSSR count). The van der Waals surface area contributed by atoms with Crippen molar-refractivity contribution >= 4 is 5.91 Å². The second-order valence-corrected chi connectivity index (χ2v) is 8.17. The number of hydrogen-bond acceptors (Lipinski definition) is 5. The van der Waals surface area contributed by atoms with Crippen molar-refractivity contribution in [2.75, 3.05) is 13.1 Å². The Hall–Kier alpha value is -1.43. The lowest BCUT2D eigenvalue weighted by atomic mass is 9.92. The summed E-state index contributed by atoms with van der Waals surface area (Å²) in [6.07, 6.45) is 10.3. The van der Waals surface area contributed by atoms with Gasteiger partial charge >= 0.3 is 0 Å². The van der Waals surface area contributed by atoms with E-state index in [1.165, 1.54) is 25.7 Å². The van der Waals surface area contributed by atoms with Gasteiger partial charge in [-0.15, -0.1) is 0 Å². The van der Waals surface area contributed by atoms with E-state index in [0.717, 1.165) is 56.9 Å². The van der Waals surface area contributed by atoms with E-state index in [9.17, 15) is 4.79 Å². The SMILES string of the molecule is CC(C(=O)NC1CCCC1)N1CCC(Cc2noc(C3CC3)n2)CC1. The third-order valence-electron chi connectivity index (χ3n) is 6.16. The predicted octanol–water partition coefficient (Wildman–Crippen LogP) is 2.65. The molecule has 2 heterocycles. The molecule has 3 aliphatic rings. The van der Waals surface area contributed by atoms with Crippen molar-refractivity contribution in [3.63, 3.8) is 0 Å². The molecule has 1 aromatic heterocycles. The van der Waals surface area contributed by atoms with E-state index in [0.29, 0.717) is 17.9 Å². The molecule has 0 radical (unpaired) electrons. The highest BCUT2D eigenvalue weighted by atomic mass is 16.5. The summed E-state index contributed by atoms with van der Waals surface area (Å²) in [5, 5.41) is 7.38. The lowest BCUT2D eigenvalue weighted by Crippen LogP contribution is -2.50. The number of likely N-dealkylation sites (tertiary alicyclic amines) is 1. The van der Waals surface area contributed by atoms with E-state index in [1.807, 2.05) is 6.92 Å². The maximum Gasteiger partial charge on any atom is 0.237 e. The fraction of sp³-hybridized carbons (Fsp3) is 0.842. The molecule has 1 N–H and O–H groups in total. The summed E-state index contributed by atoms with van der Waals surface area (Å²) in [5.74, 6) is 3.04. The molecule has 138 valence electrons. The van der Waals surface area contributed by atoms with E-state index < -0.39 is 0 Å². The van der Waals surface area contributed by atoms with Crippen LogP contribution < -0.4 is 5.32 Å². The van der Waals surface area contributed by atoms with Gasteiger partial charge in [-0.3, -0.25) is 9.69 Å². The van der Waals surface area contributed by atoms with Crippen LogP contribution in [-0.2, 0) is 11.2 Å². The summed E-state index contributed by atoms with van der Waals surface area (Å²) in [6, 6.07) is 0.389. The number of rotatable bonds is 6. The Morgan fingerprint density at radius 2 is 1.92 bits per heavy atom. The molecule has 0 aromatic carbocycles. The van der Waals surface area contributed by atoms with E-state index in [2.05, 4.69) is 20.4 Å². The van der Waals surface area contributed by atoms with Crippen LogP contribution in [0.3, 0.4) is 0 Å². The molecule has 25 heavy (non-hydrogen) atoms. The lowest BCUT2D eigenvalue weighted by Gasteiger charge is -2.35. The lowest BCUT2D eigenvalue weighted by molar-refractivity contribution is -0.127. The average Bonchev–Trinajstić information content (AvgIpc) is 3.15. The summed E-state index contributed by atoms with van der Waals surface area (Å²) < 4.78 is 5.36. The molecule has 1 saturated heterocycles. The average molecular weight is 346 g/mol. The van der Waals surface area contributed by atoms with Crippen molar-refractivity contribution < 1.29 is 9.32 Å². The third-order valence-corrected chi connectivity index (χ3v) is 6.16. The zero-order chi connectivity index (χ0) is 17.2. The number of carbonyl (C=O) groups is 1. The maximum atomic E-state index is 12.5. The molecule has 2 saturated carbocycles. The number of carbonyl (C=O) groups excluding carboxylic acids is 1. The molecule has 0 spiro atoms. The number of nitrogens with one attached hydrogen (secondary N) is 1. The van der Waals surface area contributed by atoms with Crippen LogP contribution in [0.25, 0.3) is 0 Å². The number of aromatic nitrogens is 2. The van der Waals surface area contributed by atoms with Gasteiger partial charge in [0.15, 0.2) is 5.82 Å². The minimum atomic E-state index is -0.0202. The molecule has 6 nitrogen and oxygen atoms in total. The summed E-state index contributed by atoms with van der Waals surface area (Å²) in [5.41, 5.74) is 0. The van der Waals surface area contributed by atoms with Crippen LogP contribution in [0.1, 0.15) is 75.9 Å². The fourth-order valence-corrected chi connectivity index (χ4v) is 4.21. The monoisotopic (exact) mass is 346 g/mol. The van der Waals surface area contributed by atoms with Crippen molar-refractivity contribution in [2.24, 2.45) is 5.92 Å². The predicted molar refractivity (Wildman–Crippen MR) is 94.1 cm³/mol. The van der Waals surface area contributed by atoms with Gasteiger partial charge < -0.3 is 9.84 Å². The summed E-state index contributed by atoms with van der Waals surface area (Å²) >= 11 is 0. The van der Waals surface area contributed by atoms with Crippen LogP contribution >= 0.6 is 0 Å². The van der Waals surface area contributed by atoms with Crippen LogP contribution in [0, 0.1) is 5.92 Å². The molecule has 3 fully saturated rings. The van der Waals surface area contributed by atoms with Crippen LogP contribution in [-0.4, -0.2) is 46.1 Å². The second-order valence-electron chi connectivity index (χ2n) is 8.17. The minimum absolute atomic E-state index is 0.0202. The summed E-state index contributed by atoms with van der Waals surface area (Å²) in [6.45, 7) is 4.01. The first-order chi connectivity index (χ1) is 12.2. The van der Waals surface area contributed by atoms with Gasteiger partial charge in [-0.1, -0.05) is 18.0 Å². The maximum absolute atomic E-state index is 12.5. The Morgan fingerprint density at radius 3 is 2.60 bits per heavy atom. The molecule has 0 bridgehead atoms. The standard InChI is InChI=1S/C19H30N4O2/c1-13(18(24)20-16-4-2-3-5-16)23-10-8-14(9-11-23)12-17-21-19(25-22-17)15-6-7-15/h13-16H,2-12H2,1H3,(H,20,24). The van der Waals surface area contributed by atoms with Crippen LogP contribution in [0.5, 0.6) is 0 Å². The molecular weight excluding hydrogens is 316 g/mol. The van der Waals surface area contributed by atoms with Crippen LogP contribution in [0.15, 0.2) is 4.52 Å². The number of amides is 1. The fourth-order valence-electron chi connectivity index (χ4n) is 4.21. The summed E-state index contributed by atoms with van der Waals surface area (Å²) in [7, 11) is 0. The van der Waals surface area contributed by atoms with Crippen LogP contribution in [0.2, 0.25) is 0 Å². The number of piperidine rings is 1. The van der Waals surface area contributed by atoms with Gasteiger partial charge in [-0.05, 0) is 64.5 Å². The van der Waals surface area contributed by atoms with Gasteiger partial charge in [0, 0.05) is 18.4 Å². The van der Waals surface area contributed by atoms with E-state index >= 15 is 0 Å². The van der Waals surface area contributed by atoms with Gasteiger partial charge in [-0.25, -0.2) is 0 Å². The van der Waals surface area contributed by atoms with Gasteiger partial charge in [0.2, 0.25) is 11.8 Å².